The quantitative estimate of drug-likeness (QED) is 0.799. The topological polar surface area (TPSA) is 41.9 Å². The summed E-state index contributed by atoms with van der Waals surface area (Å²) < 4.78 is 46.1. The van der Waals surface area contributed by atoms with Gasteiger partial charge in [0.25, 0.3) is 0 Å². The monoisotopic (exact) mass is 326 g/mol. The Kier molecular flexibility index (Phi) is 4.24. The van der Waals surface area contributed by atoms with Crippen LogP contribution in [0.1, 0.15) is 19.4 Å². The molecule has 0 fully saturated rings. The fraction of sp³-hybridized carbons (Fsp3) is 0.375. The van der Waals surface area contributed by atoms with E-state index in [9.17, 15) is 18.0 Å². The van der Waals surface area contributed by atoms with Gasteiger partial charge in [0.15, 0.2) is 5.76 Å². The summed E-state index contributed by atoms with van der Waals surface area (Å²) in [6.07, 6.45) is -3.80. The Hall–Kier alpha value is -2.31. The van der Waals surface area contributed by atoms with E-state index >= 15 is 0 Å². The molecular formula is C16H17F3N2O2. The lowest BCUT2D eigenvalue weighted by molar-refractivity contribution is -0.173. The van der Waals surface area contributed by atoms with E-state index in [4.69, 9.17) is 4.74 Å². The van der Waals surface area contributed by atoms with Gasteiger partial charge in [0.05, 0.1) is 5.71 Å². The van der Waals surface area contributed by atoms with E-state index in [0.717, 1.165) is 18.7 Å². The first-order chi connectivity index (χ1) is 10.6. The molecule has 0 saturated carbocycles. The van der Waals surface area contributed by atoms with Crippen LogP contribution < -0.4 is 4.90 Å². The summed E-state index contributed by atoms with van der Waals surface area (Å²) in [6, 6.07) is 5.94. The second kappa shape index (κ2) is 5.72. The zero-order valence-corrected chi connectivity index (χ0v) is 13.2. The summed E-state index contributed by atoms with van der Waals surface area (Å²) in [4.78, 5) is 16.6. The molecule has 0 aromatic heterocycles. The van der Waals surface area contributed by atoms with Crippen LogP contribution in [0.3, 0.4) is 0 Å². The van der Waals surface area contributed by atoms with E-state index in [1.807, 2.05) is 0 Å². The lowest BCUT2D eigenvalue weighted by Gasteiger charge is -2.28. The van der Waals surface area contributed by atoms with Crippen molar-refractivity contribution in [3.8, 4) is 0 Å². The molecule has 23 heavy (non-hydrogen) atoms. The second-order valence-corrected chi connectivity index (χ2v) is 5.50. The van der Waals surface area contributed by atoms with Crippen molar-refractivity contribution in [2.45, 2.75) is 25.6 Å². The highest BCUT2D eigenvalue weighted by atomic mass is 19.4. The Morgan fingerprint density at radius 3 is 2.22 bits per heavy atom. The maximum absolute atomic E-state index is 13.7. The number of halogens is 3. The van der Waals surface area contributed by atoms with Gasteiger partial charge in [0.2, 0.25) is 5.54 Å². The number of carbonyl (C=O) groups excluding carboxylic acids is 1. The third-order valence-corrected chi connectivity index (χ3v) is 3.55. The van der Waals surface area contributed by atoms with E-state index < -0.39 is 17.7 Å². The summed E-state index contributed by atoms with van der Waals surface area (Å²) in [5.41, 5.74) is -1.76. The zero-order chi connectivity index (χ0) is 17.4. The molecule has 2 rings (SSSR count). The molecule has 0 aliphatic carbocycles. The van der Waals surface area contributed by atoms with Crippen LogP contribution >= 0.6 is 0 Å². The number of allylic oxidation sites excluding steroid dienone is 1. The van der Waals surface area contributed by atoms with Gasteiger partial charge in [0.1, 0.15) is 0 Å². The molecule has 1 aromatic carbocycles. The number of alkyl halides is 3. The Balaban J connectivity index is 2.55. The number of anilines is 1. The van der Waals surface area contributed by atoms with Gasteiger partial charge in [-0.05, 0) is 24.6 Å². The molecule has 0 N–H and O–H groups in total. The van der Waals surface area contributed by atoms with Crippen molar-refractivity contribution in [2.75, 3.05) is 19.0 Å². The van der Waals surface area contributed by atoms with E-state index in [1.165, 1.54) is 19.1 Å². The summed E-state index contributed by atoms with van der Waals surface area (Å²) in [5.74, 6) is -0.849. The minimum atomic E-state index is -4.66. The molecule has 1 aliphatic rings. The Morgan fingerprint density at radius 2 is 1.78 bits per heavy atom. The first kappa shape index (κ1) is 17.1. The van der Waals surface area contributed by atoms with Gasteiger partial charge in [0, 0.05) is 32.8 Å². The van der Waals surface area contributed by atoms with E-state index in [1.54, 1.807) is 31.1 Å². The standard InChI is InChI=1S/C16H17F3N2O2/c1-10-14(23-11(2)22)9-15(20-10,16(17,18)19)12-5-7-13(8-6-12)21(3)4/h5-9H,1-4H3. The fourth-order valence-electron chi connectivity index (χ4n) is 2.37. The molecule has 0 saturated heterocycles. The Morgan fingerprint density at radius 1 is 1.22 bits per heavy atom. The largest absolute Gasteiger partial charge is 0.425 e. The van der Waals surface area contributed by atoms with Crippen molar-refractivity contribution in [3.05, 3.63) is 41.7 Å². The molecule has 1 atom stereocenters. The predicted octanol–water partition coefficient (Wildman–Crippen LogP) is 3.43. The van der Waals surface area contributed by atoms with Gasteiger partial charge in [-0.2, -0.15) is 13.2 Å². The molecule has 0 amide bonds. The average molecular weight is 326 g/mol. The number of benzene rings is 1. The number of aliphatic imine (C=N–C) groups is 1. The van der Waals surface area contributed by atoms with Crippen molar-refractivity contribution < 1.29 is 22.7 Å². The van der Waals surface area contributed by atoms with Gasteiger partial charge >= 0.3 is 12.1 Å². The normalized spacial score (nSPS) is 20.8. The van der Waals surface area contributed by atoms with Crippen LogP contribution in [0.25, 0.3) is 0 Å². The number of esters is 1. The SMILES string of the molecule is CC(=O)OC1=CC(c2ccc(N(C)C)cc2)(C(F)(F)F)N=C1C. The number of hydrogen-bond donors (Lipinski definition) is 0. The van der Waals surface area contributed by atoms with E-state index in [0.29, 0.717) is 0 Å². The number of nitrogens with zero attached hydrogens (tertiary/aromatic N) is 2. The average Bonchev–Trinajstić information content (AvgIpc) is 2.76. The van der Waals surface area contributed by atoms with Gasteiger partial charge in [-0.15, -0.1) is 0 Å². The Labute approximate surface area is 132 Å². The first-order valence-electron chi connectivity index (χ1n) is 6.89. The van der Waals surface area contributed by atoms with Crippen LogP contribution in [-0.4, -0.2) is 32.0 Å². The molecule has 1 aliphatic heterocycles. The lowest BCUT2D eigenvalue weighted by Crippen LogP contribution is -2.38. The van der Waals surface area contributed by atoms with Crippen molar-refractivity contribution in [1.29, 1.82) is 0 Å². The molecule has 4 nitrogen and oxygen atoms in total. The van der Waals surface area contributed by atoms with Crippen molar-refractivity contribution in [1.82, 2.24) is 0 Å². The molecule has 1 heterocycles. The van der Waals surface area contributed by atoms with Crippen molar-refractivity contribution in [3.63, 3.8) is 0 Å². The number of rotatable bonds is 3. The summed E-state index contributed by atoms with van der Waals surface area (Å²) >= 11 is 0. The first-order valence-corrected chi connectivity index (χ1v) is 6.89. The molecule has 124 valence electrons. The van der Waals surface area contributed by atoms with Crippen LogP contribution in [0.15, 0.2) is 41.1 Å². The van der Waals surface area contributed by atoms with E-state index in [-0.39, 0.29) is 17.0 Å². The smallest absolute Gasteiger partial charge is 0.421 e. The third-order valence-electron chi connectivity index (χ3n) is 3.55. The number of ether oxygens (including phenoxy) is 1. The van der Waals surface area contributed by atoms with Crippen LogP contribution in [0.4, 0.5) is 18.9 Å². The Bertz CT molecular complexity index is 676. The molecule has 0 spiro atoms. The highest BCUT2D eigenvalue weighted by molar-refractivity contribution is 6.01. The van der Waals surface area contributed by atoms with Crippen molar-refractivity contribution >= 4 is 17.4 Å². The highest BCUT2D eigenvalue weighted by Gasteiger charge is 2.57. The van der Waals surface area contributed by atoms with Crippen LogP contribution in [0, 0.1) is 0 Å². The van der Waals surface area contributed by atoms with Gasteiger partial charge < -0.3 is 9.64 Å². The number of carbonyl (C=O) groups is 1. The molecule has 1 aromatic rings. The molecule has 7 heteroatoms. The van der Waals surface area contributed by atoms with Crippen molar-refractivity contribution in [2.24, 2.45) is 4.99 Å². The minimum Gasteiger partial charge on any atom is -0.425 e. The maximum atomic E-state index is 13.7. The molecule has 1 unspecified atom stereocenters. The lowest BCUT2D eigenvalue weighted by atomic mass is 9.90. The summed E-state index contributed by atoms with van der Waals surface area (Å²) in [6.45, 7) is 2.52. The fourth-order valence-corrected chi connectivity index (χ4v) is 2.37. The zero-order valence-electron chi connectivity index (χ0n) is 13.2. The van der Waals surface area contributed by atoms with Gasteiger partial charge in [-0.3, -0.25) is 9.79 Å². The van der Waals surface area contributed by atoms with E-state index in [2.05, 4.69) is 4.99 Å². The molecule has 0 bridgehead atoms. The van der Waals surface area contributed by atoms with Crippen LogP contribution in [0.5, 0.6) is 0 Å². The third kappa shape index (κ3) is 3.09. The summed E-state index contributed by atoms with van der Waals surface area (Å²) in [7, 11) is 3.59. The van der Waals surface area contributed by atoms with Gasteiger partial charge in [-0.1, -0.05) is 12.1 Å². The molecular weight excluding hydrogens is 309 g/mol. The summed E-state index contributed by atoms with van der Waals surface area (Å²) in [5, 5.41) is 0. The van der Waals surface area contributed by atoms with Gasteiger partial charge in [-0.25, -0.2) is 0 Å². The predicted molar refractivity (Wildman–Crippen MR) is 81.5 cm³/mol. The second-order valence-electron chi connectivity index (χ2n) is 5.50. The van der Waals surface area contributed by atoms with Crippen LogP contribution in [-0.2, 0) is 15.1 Å². The minimum absolute atomic E-state index is 0.0305. The number of hydrogen-bond acceptors (Lipinski definition) is 4. The highest BCUT2D eigenvalue weighted by Crippen LogP contribution is 2.47. The maximum Gasteiger partial charge on any atom is 0.421 e. The molecule has 0 radical (unpaired) electrons. The van der Waals surface area contributed by atoms with Crippen LogP contribution in [0.2, 0.25) is 0 Å².